The highest BCUT2D eigenvalue weighted by atomic mass is 127. The number of rotatable bonds is 12. The first-order chi connectivity index (χ1) is 13.0. The standard InChI is InChI=1S/C20H34N4O3.HI/c1-5-27-14-6-12-21-20(22-13-11-19(25)24-16(2)3)23-15-17-7-9-18(26-4)10-8-17;/h7-10,16H,5-6,11-15H2,1-4H3,(H,24,25)(H2,21,22,23);1H. The SMILES string of the molecule is CCOCCCNC(=NCc1ccc(OC)cc1)NCCC(=O)NC(C)C.I. The number of ether oxygens (including phenoxy) is 2. The van der Waals surface area contributed by atoms with E-state index in [1.165, 1.54) is 0 Å². The van der Waals surface area contributed by atoms with Crippen LogP contribution in [0.25, 0.3) is 0 Å². The van der Waals surface area contributed by atoms with E-state index in [-0.39, 0.29) is 35.9 Å². The van der Waals surface area contributed by atoms with Gasteiger partial charge >= 0.3 is 0 Å². The van der Waals surface area contributed by atoms with Crippen LogP contribution in [-0.2, 0) is 16.1 Å². The van der Waals surface area contributed by atoms with Crippen molar-refractivity contribution < 1.29 is 14.3 Å². The fourth-order valence-corrected chi connectivity index (χ4v) is 2.29. The predicted octanol–water partition coefficient (Wildman–Crippen LogP) is 2.69. The Kier molecular flexibility index (Phi) is 15.5. The lowest BCUT2D eigenvalue weighted by Crippen LogP contribution is -2.40. The lowest BCUT2D eigenvalue weighted by molar-refractivity contribution is -0.121. The van der Waals surface area contributed by atoms with Crippen LogP contribution in [0.4, 0.5) is 0 Å². The molecule has 1 amide bonds. The molecule has 7 nitrogen and oxygen atoms in total. The second kappa shape index (κ2) is 16.4. The van der Waals surface area contributed by atoms with Crippen molar-refractivity contribution in [1.82, 2.24) is 16.0 Å². The highest BCUT2D eigenvalue weighted by molar-refractivity contribution is 14.0. The van der Waals surface area contributed by atoms with Gasteiger partial charge in [-0.2, -0.15) is 0 Å². The summed E-state index contributed by atoms with van der Waals surface area (Å²) < 4.78 is 10.5. The number of nitrogens with one attached hydrogen (secondary N) is 3. The van der Waals surface area contributed by atoms with Gasteiger partial charge in [0.2, 0.25) is 5.91 Å². The van der Waals surface area contributed by atoms with Crippen LogP contribution in [-0.4, -0.2) is 51.3 Å². The van der Waals surface area contributed by atoms with E-state index in [9.17, 15) is 4.79 Å². The third-order valence-corrected chi connectivity index (χ3v) is 3.63. The minimum Gasteiger partial charge on any atom is -0.497 e. The van der Waals surface area contributed by atoms with Gasteiger partial charge in [0.05, 0.1) is 13.7 Å². The van der Waals surface area contributed by atoms with Gasteiger partial charge in [0, 0.05) is 38.8 Å². The van der Waals surface area contributed by atoms with Crippen LogP contribution in [0.5, 0.6) is 5.75 Å². The molecule has 0 radical (unpaired) electrons. The molecule has 1 aromatic carbocycles. The fraction of sp³-hybridized carbons (Fsp3) is 0.600. The van der Waals surface area contributed by atoms with E-state index in [1.54, 1.807) is 7.11 Å². The number of benzene rings is 1. The molecule has 0 saturated heterocycles. The van der Waals surface area contributed by atoms with Gasteiger partial charge in [-0.05, 0) is 44.9 Å². The molecule has 0 aliphatic rings. The van der Waals surface area contributed by atoms with E-state index in [0.29, 0.717) is 32.1 Å². The van der Waals surface area contributed by atoms with Gasteiger partial charge in [0.25, 0.3) is 0 Å². The summed E-state index contributed by atoms with van der Waals surface area (Å²) >= 11 is 0. The van der Waals surface area contributed by atoms with Gasteiger partial charge in [-0.3, -0.25) is 4.79 Å². The molecular weight excluding hydrogens is 471 g/mol. The molecule has 0 aliphatic carbocycles. The van der Waals surface area contributed by atoms with Gasteiger partial charge in [-0.1, -0.05) is 12.1 Å². The lowest BCUT2D eigenvalue weighted by Gasteiger charge is -2.13. The average molecular weight is 506 g/mol. The second-order valence-electron chi connectivity index (χ2n) is 6.39. The monoisotopic (exact) mass is 506 g/mol. The van der Waals surface area contributed by atoms with E-state index in [2.05, 4.69) is 20.9 Å². The Labute approximate surface area is 186 Å². The molecule has 28 heavy (non-hydrogen) atoms. The van der Waals surface area contributed by atoms with Crippen LogP contribution in [0.15, 0.2) is 29.3 Å². The van der Waals surface area contributed by atoms with Crippen LogP contribution in [0.2, 0.25) is 0 Å². The van der Waals surface area contributed by atoms with Crippen LogP contribution < -0.4 is 20.7 Å². The van der Waals surface area contributed by atoms with E-state index >= 15 is 0 Å². The number of carbonyl (C=O) groups excluding carboxylic acids is 1. The Hall–Kier alpha value is -1.55. The van der Waals surface area contributed by atoms with Crippen LogP contribution in [0, 0.1) is 0 Å². The average Bonchev–Trinajstić information content (AvgIpc) is 2.65. The molecule has 0 atom stereocenters. The summed E-state index contributed by atoms with van der Waals surface area (Å²) in [5.41, 5.74) is 1.09. The van der Waals surface area contributed by atoms with Crippen molar-refractivity contribution in [3.8, 4) is 5.75 Å². The smallest absolute Gasteiger partial charge is 0.221 e. The van der Waals surface area contributed by atoms with E-state index in [4.69, 9.17) is 9.47 Å². The number of amides is 1. The zero-order valence-electron chi connectivity index (χ0n) is 17.4. The molecule has 160 valence electrons. The highest BCUT2D eigenvalue weighted by Crippen LogP contribution is 2.11. The van der Waals surface area contributed by atoms with E-state index < -0.39 is 0 Å². The number of hydrogen-bond acceptors (Lipinski definition) is 4. The molecule has 0 unspecified atom stereocenters. The molecule has 3 N–H and O–H groups in total. The lowest BCUT2D eigenvalue weighted by atomic mass is 10.2. The minimum absolute atomic E-state index is 0. The number of hydrogen-bond donors (Lipinski definition) is 3. The topological polar surface area (TPSA) is 84.0 Å². The van der Waals surface area contributed by atoms with Crippen LogP contribution in [0.3, 0.4) is 0 Å². The van der Waals surface area contributed by atoms with Crippen molar-refractivity contribution in [3.05, 3.63) is 29.8 Å². The fourth-order valence-electron chi connectivity index (χ4n) is 2.29. The molecule has 0 aliphatic heterocycles. The third-order valence-electron chi connectivity index (χ3n) is 3.63. The highest BCUT2D eigenvalue weighted by Gasteiger charge is 2.04. The number of guanidine groups is 1. The Morgan fingerprint density at radius 1 is 1.14 bits per heavy atom. The maximum Gasteiger partial charge on any atom is 0.221 e. The Morgan fingerprint density at radius 3 is 2.43 bits per heavy atom. The Balaban J connectivity index is 0.00000729. The van der Waals surface area contributed by atoms with Gasteiger partial charge in [-0.25, -0.2) is 4.99 Å². The first-order valence-electron chi connectivity index (χ1n) is 9.57. The molecule has 1 rings (SSSR count). The number of nitrogens with zero attached hydrogens (tertiary/aromatic N) is 1. The molecule has 0 aromatic heterocycles. The number of halogens is 1. The molecular formula is C20H35IN4O3. The largest absolute Gasteiger partial charge is 0.497 e. The molecule has 0 saturated carbocycles. The van der Waals surface area contributed by atoms with Gasteiger partial charge in [-0.15, -0.1) is 24.0 Å². The summed E-state index contributed by atoms with van der Waals surface area (Å²) in [6.07, 6.45) is 1.30. The van der Waals surface area contributed by atoms with Gasteiger partial charge in [0.1, 0.15) is 5.75 Å². The minimum atomic E-state index is 0. The zero-order valence-corrected chi connectivity index (χ0v) is 19.7. The van der Waals surface area contributed by atoms with Crippen LogP contribution >= 0.6 is 24.0 Å². The molecule has 1 aromatic rings. The zero-order chi connectivity index (χ0) is 19.9. The number of aliphatic imine (C=N–C) groups is 1. The Morgan fingerprint density at radius 2 is 1.82 bits per heavy atom. The van der Waals surface area contributed by atoms with Crippen molar-refractivity contribution in [2.45, 2.75) is 46.2 Å². The molecule has 0 spiro atoms. The molecule has 0 bridgehead atoms. The third kappa shape index (κ3) is 12.8. The van der Waals surface area contributed by atoms with Crippen molar-refractivity contribution in [3.63, 3.8) is 0 Å². The second-order valence-corrected chi connectivity index (χ2v) is 6.39. The van der Waals surface area contributed by atoms with E-state index in [0.717, 1.165) is 30.9 Å². The summed E-state index contributed by atoms with van der Waals surface area (Å²) in [6, 6.07) is 7.97. The normalized spacial score (nSPS) is 11.0. The number of carbonyl (C=O) groups is 1. The summed E-state index contributed by atoms with van der Waals surface area (Å²) in [5.74, 6) is 1.55. The van der Waals surface area contributed by atoms with Crippen molar-refractivity contribution in [2.24, 2.45) is 4.99 Å². The van der Waals surface area contributed by atoms with Crippen molar-refractivity contribution in [2.75, 3.05) is 33.4 Å². The van der Waals surface area contributed by atoms with Crippen LogP contribution in [0.1, 0.15) is 39.2 Å². The quantitative estimate of drug-likeness (QED) is 0.176. The first kappa shape index (κ1) is 26.4. The van der Waals surface area contributed by atoms with Crippen molar-refractivity contribution in [1.29, 1.82) is 0 Å². The first-order valence-corrected chi connectivity index (χ1v) is 9.57. The Bertz CT molecular complexity index is 565. The summed E-state index contributed by atoms with van der Waals surface area (Å²) in [6.45, 7) is 9.15. The van der Waals surface area contributed by atoms with Crippen molar-refractivity contribution >= 4 is 35.8 Å². The maximum atomic E-state index is 11.8. The summed E-state index contributed by atoms with van der Waals surface area (Å²) in [5, 5.41) is 9.39. The predicted molar refractivity (Wildman–Crippen MR) is 125 cm³/mol. The maximum absolute atomic E-state index is 11.8. The molecule has 8 heteroatoms. The molecule has 0 heterocycles. The summed E-state index contributed by atoms with van der Waals surface area (Å²) in [7, 11) is 1.65. The van der Waals surface area contributed by atoms with Gasteiger partial charge < -0.3 is 25.4 Å². The summed E-state index contributed by atoms with van der Waals surface area (Å²) in [4.78, 5) is 16.4. The van der Waals surface area contributed by atoms with E-state index in [1.807, 2.05) is 45.0 Å². The molecule has 0 fully saturated rings. The number of methoxy groups -OCH3 is 1. The van der Waals surface area contributed by atoms with Gasteiger partial charge in [0.15, 0.2) is 5.96 Å².